The van der Waals surface area contributed by atoms with Crippen molar-refractivity contribution in [1.29, 1.82) is 0 Å². The third kappa shape index (κ3) is 1.60. The maximum Gasteiger partial charge on any atom is 0.143 e. The predicted octanol–water partition coefficient (Wildman–Crippen LogP) is 2.48. The molecule has 0 bridgehead atoms. The van der Waals surface area contributed by atoms with Crippen molar-refractivity contribution >= 4 is 28.4 Å². The van der Waals surface area contributed by atoms with Crippen molar-refractivity contribution in [3.63, 3.8) is 0 Å². The monoisotopic (exact) mass is 303 g/mol. The second-order valence-corrected chi connectivity index (χ2v) is 5.18. The number of hydrogen-bond acceptors (Lipinski definition) is 3. The van der Waals surface area contributed by atoms with Crippen molar-refractivity contribution in [2.45, 2.75) is 32.1 Å². The lowest BCUT2D eigenvalue weighted by Gasteiger charge is -2.12. The molecule has 0 aliphatic heterocycles. The van der Waals surface area contributed by atoms with Gasteiger partial charge in [0.15, 0.2) is 0 Å². The van der Waals surface area contributed by atoms with Crippen LogP contribution < -0.4 is 5.32 Å². The number of nitrogens with one attached hydrogen (secondary N) is 1. The number of rotatable bonds is 2. The Morgan fingerprint density at radius 1 is 1.36 bits per heavy atom. The Kier molecular flexibility index (Phi) is 2.41. The Balaban J connectivity index is 2.48. The van der Waals surface area contributed by atoms with Gasteiger partial charge in [-0.3, -0.25) is 0 Å². The van der Waals surface area contributed by atoms with E-state index in [2.05, 4.69) is 44.8 Å². The van der Waals surface area contributed by atoms with E-state index >= 15 is 0 Å². The number of anilines is 1. The van der Waals surface area contributed by atoms with Crippen LogP contribution in [0.4, 0.5) is 5.82 Å². The largest absolute Gasteiger partial charge is 0.372 e. The topological polar surface area (TPSA) is 37.8 Å². The molecule has 1 saturated carbocycles. The molecule has 0 aromatic carbocycles. The van der Waals surface area contributed by atoms with E-state index in [-0.39, 0.29) is 5.41 Å². The number of aromatic nitrogens is 2. The van der Waals surface area contributed by atoms with Gasteiger partial charge in [0.05, 0.1) is 9.26 Å². The van der Waals surface area contributed by atoms with Crippen LogP contribution in [0.25, 0.3) is 0 Å². The summed E-state index contributed by atoms with van der Waals surface area (Å²) in [5.41, 5.74) is 1.33. The minimum Gasteiger partial charge on any atom is -0.372 e. The maximum atomic E-state index is 4.56. The van der Waals surface area contributed by atoms with Gasteiger partial charge >= 0.3 is 0 Å². The van der Waals surface area contributed by atoms with Crippen LogP contribution in [-0.2, 0) is 5.41 Å². The van der Waals surface area contributed by atoms with Gasteiger partial charge in [-0.05, 0) is 42.4 Å². The summed E-state index contributed by atoms with van der Waals surface area (Å²) in [6, 6.07) is 0. The predicted molar refractivity (Wildman–Crippen MR) is 65.6 cm³/mol. The normalized spacial score (nSPS) is 18.0. The summed E-state index contributed by atoms with van der Waals surface area (Å²) in [7, 11) is 1.91. The van der Waals surface area contributed by atoms with E-state index < -0.39 is 0 Å². The van der Waals surface area contributed by atoms with Crippen LogP contribution in [0.3, 0.4) is 0 Å². The SMILES string of the molecule is CNc1nc(C2(C)CC2)nc(C)c1I. The Morgan fingerprint density at radius 2 is 2.00 bits per heavy atom. The van der Waals surface area contributed by atoms with Crippen LogP contribution in [0.5, 0.6) is 0 Å². The first-order valence-corrected chi connectivity index (χ1v) is 5.87. The van der Waals surface area contributed by atoms with Crippen LogP contribution in [0.2, 0.25) is 0 Å². The summed E-state index contributed by atoms with van der Waals surface area (Å²) < 4.78 is 1.12. The molecule has 1 aliphatic rings. The highest BCUT2D eigenvalue weighted by molar-refractivity contribution is 14.1. The van der Waals surface area contributed by atoms with Crippen molar-refractivity contribution in [3.05, 3.63) is 15.1 Å². The third-order valence-electron chi connectivity index (χ3n) is 2.79. The average molecular weight is 303 g/mol. The minimum atomic E-state index is 0.251. The molecular formula is C10H14IN3. The Hall–Kier alpha value is -0.390. The van der Waals surface area contributed by atoms with Gasteiger partial charge in [-0.25, -0.2) is 9.97 Å². The van der Waals surface area contributed by atoms with E-state index in [0.29, 0.717) is 0 Å². The van der Waals surface area contributed by atoms with Crippen molar-refractivity contribution < 1.29 is 0 Å². The zero-order valence-corrected chi connectivity index (χ0v) is 10.8. The van der Waals surface area contributed by atoms with Gasteiger partial charge in [0.2, 0.25) is 0 Å². The lowest BCUT2D eigenvalue weighted by molar-refractivity contribution is 0.702. The molecule has 0 unspecified atom stereocenters. The molecule has 1 heterocycles. The minimum absolute atomic E-state index is 0.251. The Bertz CT molecular complexity index is 372. The second-order valence-electron chi connectivity index (χ2n) is 4.11. The fourth-order valence-electron chi connectivity index (χ4n) is 1.41. The van der Waals surface area contributed by atoms with E-state index in [9.17, 15) is 0 Å². The first-order chi connectivity index (χ1) is 6.57. The van der Waals surface area contributed by atoms with Crippen LogP contribution in [-0.4, -0.2) is 17.0 Å². The first kappa shape index (κ1) is 10.1. The van der Waals surface area contributed by atoms with Crippen molar-refractivity contribution in [2.24, 2.45) is 0 Å². The van der Waals surface area contributed by atoms with Crippen LogP contribution in [0.15, 0.2) is 0 Å². The van der Waals surface area contributed by atoms with Gasteiger partial charge < -0.3 is 5.32 Å². The van der Waals surface area contributed by atoms with E-state index in [0.717, 1.165) is 20.9 Å². The molecule has 4 heteroatoms. The summed E-state index contributed by atoms with van der Waals surface area (Å²) in [4.78, 5) is 9.11. The van der Waals surface area contributed by atoms with Gasteiger partial charge in [-0.15, -0.1) is 0 Å². The van der Waals surface area contributed by atoms with Gasteiger partial charge in [-0.1, -0.05) is 6.92 Å². The van der Waals surface area contributed by atoms with Crippen molar-refractivity contribution in [3.8, 4) is 0 Å². The van der Waals surface area contributed by atoms with Crippen LogP contribution in [0.1, 0.15) is 31.3 Å². The average Bonchev–Trinajstić information content (AvgIpc) is 2.89. The van der Waals surface area contributed by atoms with Crippen molar-refractivity contribution in [2.75, 3.05) is 12.4 Å². The number of aryl methyl sites for hydroxylation is 1. The molecule has 0 spiro atoms. The molecule has 0 saturated heterocycles. The number of nitrogens with zero attached hydrogens (tertiary/aromatic N) is 2. The van der Waals surface area contributed by atoms with Crippen LogP contribution >= 0.6 is 22.6 Å². The van der Waals surface area contributed by atoms with Crippen molar-refractivity contribution in [1.82, 2.24) is 9.97 Å². The zero-order valence-electron chi connectivity index (χ0n) is 8.69. The summed E-state index contributed by atoms with van der Waals surface area (Å²) in [6.45, 7) is 4.27. The third-order valence-corrected chi connectivity index (χ3v) is 4.08. The molecule has 1 fully saturated rings. The molecule has 3 nitrogen and oxygen atoms in total. The quantitative estimate of drug-likeness (QED) is 0.853. The smallest absolute Gasteiger partial charge is 0.143 e. The van der Waals surface area contributed by atoms with Gasteiger partial charge in [0.1, 0.15) is 11.6 Å². The lowest BCUT2D eigenvalue weighted by Crippen LogP contribution is -2.11. The molecule has 1 N–H and O–H groups in total. The number of halogens is 1. The highest BCUT2D eigenvalue weighted by Gasteiger charge is 2.42. The zero-order chi connectivity index (χ0) is 10.3. The highest BCUT2D eigenvalue weighted by atomic mass is 127. The number of hydrogen-bond donors (Lipinski definition) is 1. The first-order valence-electron chi connectivity index (χ1n) is 4.79. The second kappa shape index (κ2) is 3.32. The van der Waals surface area contributed by atoms with Gasteiger partial charge in [0, 0.05) is 12.5 Å². The fraction of sp³-hybridized carbons (Fsp3) is 0.600. The molecule has 1 aliphatic carbocycles. The summed E-state index contributed by atoms with van der Waals surface area (Å²) in [5, 5.41) is 3.12. The molecule has 2 rings (SSSR count). The van der Waals surface area contributed by atoms with E-state index in [4.69, 9.17) is 0 Å². The molecule has 0 atom stereocenters. The highest BCUT2D eigenvalue weighted by Crippen LogP contribution is 2.46. The molecule has 76 valence electrons. The molecular weight excluding hydrogens is 289 g/mol. The molecule has 0 amide bonds. The fourth-order valence-corrected chi connectivity index (χ4v) is 1.92. The van der Waals surface area contributed by atoms with E-state index in [1.807, 2.05) is 14.0 Å². The molecule has 14 heavy (non-hydrogen) atoms. The molecule has 0 radical (unpaired) electrons. The summed E-state index contributed by atoms with van der Waals surface area (Å²) in [6.07, 6.45) is 2.44. The Morgan fingerprint density at radius 3 is 2.50 bits per heavy atom. The molecule has 1 aromatic heterocycles. The van der Waals surface area contributed by atoms with E-state index in [1.54, 1.807) is 0 Å². The molecule has 1 aromatic rings. The standard InChI is InChI=1S/C10H14IN3/c1-6-7(11)8(12-3)14-9(13-6)10(2)4-5-10/h4-5H2,1-3H3,(H,12,13,14). The van der Waals surface area contributed by atoms with E-state index in [1.165, 1.54) is 12.8 Å². The Labute approximate surface area is 97.9 Å². The van der Waals surface area contributed by atoms with Gasteiger partial charge in [0.25, 0.3) is 0 Å². The van der Waals surface area contributed by atoms with Crippen LogP contribution in [0, 0.1) is 10.5 Å². The maximum absolute atomic E-state index is 4.56. The summed E-state index contributed by atoms with van der Waals surface area (Å²) in [5.74, 6) is 1.96. The lowest BCUT2D eigenvalue weighted by atomic mass is 10.1. The van der Waals surface area contributed by atoms with Gasteiger partial charge in [-0.2, -0.15) is 0 Å². The summed E-state index contributed by atoms with van der Waals surface area (Å²) >= 11 is 2.28.